The molecular weight excluding hydrogens is 371 g/mol. The predicted molar refractivity (Wildman–Crippen MR) is 106 cm³/mol. The fourth-order valence-corrected chi connectivity index (χ4v) is 3.64. The summed E-state index contributed by atoms with van der Waals surface area (Å²) in [7, 11) is 0. The first-order valence-electron chi connectivity index (χ1n) is 9.69. The maximum atomic E-state index is 13.1. The van der Waals surface area contributed by atoms with Gasteiger partial charge in [-0.25, -0.2) is 9.82 Å². The second kappa shape index (κ2) is 8.45. The molecule has 1 saturated heterocycles. The van der Waals surface area contributed by atoms with Crippen LogP contribution in [0.5, 0.6) is 0 Å². The lowest BCUT2D eigenvalue weighted by Gasteiger charge is -2.31. The Morgan fingerprint density at radius 1 is 1.10 bits per heavy atom. The number of hydrogen-bond donors (Lipinski definition) is 2. The van der Waals surface area contributed by atoms with Gasteiger partial charge in [-0.3, -0.25) is 9.59 Å². The van der Waals surface area contributed by atoms with Crippen LogP contribution in [0, 0.1) is 5.82 Å². The van der Waals surface area contributed by atoms with Gasteiger partial charge in [0.15, 0.2) is 0 Å². The molecule has 2 aromatic carbocycles. The molecular formula is C22H23FN4O2. The van der Waals surface area contributed by atoms with Crippen LogP contribution in [-0.4, -0.2) is 34.3 Å². The maximum Gasteiger partial charge on any atom is 0.250 e. The number of nitrogens with zero attached hydrogens (tertiary/aromatic N) is 2. The number of carbonyl (C=O) groups excluding carboxylic acids is 2. The summed E-state index contributed by atoms with van der Waals surface area (Å²) in [5.74, 6) is -0.413. The molecule has 2 unspecified atom stereocenters. The maximum absolute atomic E-state index is 13.1. The Morgan fingerprint density at radius 3 is 2.62 bits per heavy atom. The average molecular weight is 394 g/mol. The van der Waals surface area contributed by atoms with Gasteiger partial charge < -0.3 is 15.2 Å². The molecule has 0 aromatic heterocycles. The van der Waals surface area contributed by atoms with Crippen molar-refractivity contribution in [2.45, 2.75) is 31.5 Å². The summed E-state index contributed by atoms with van der Waals surface area (Å²) in [4.78, 5) is 26.6. The standard InChI is InChI=1S/C22H23FN4O2/c23-18-8-6-17(7-9-18)19-14-20-22(29)26(12-13-27(20)25-19)11-10-21(28)24-15-16-4-2-1-3-5-16/h1-9,12-13,19-20,25H,10-11,14-15H2,(H,24,28). The third-order valence-corrected chi connectivity index (χ3v) is 5.26. The van der Waals surface area contributed by atoms with Crippen LogP contribution in [0.2, 0.25) is 0 Å². The van der Waals surface area contributed by atoms with Crippen LogP contribution < -0.4 is 10.7 Å². The van der Waals surface area contributed by atoms with E-state index in [4.69, 9.17) is 0 Å². The Balaban J connectivity index is 1.29. The number of nitrogens with one attached hydrogen (secondary N) is 2. The highest BCUT2D eigenvalue weighted by Crippen LogP contribution is 2.30. The van der Waals surface area contributed by atoms with Crippen molar-refractivity contribution in [3.8, 4) is 0 Å². The van der Waals surface area contributed by atoms with Crippen LogP contribution in [-0.2, 0) is 16.1 Å². The Kier molecular flexibility index (Phi) is 5.57. The molecule has 2 aromatic rings. The Morgan fingerprint density at radius 2 is 1.86 bits per heavy atom. The van der Waals surface area contributed by atoms with Gasteiger partial charge in [0.25, 0.3) is 5.91 Å². The van der Waals surface area contributed by atoms with Crippen molar-refractivity contribution in [1.29, 1.82) is 0 Å². The highest BCUT2D eigenvalue weighted by atomic mass is 19.1. The highest BCUT2D eigenvalue weighted by Gasteiger charge is 2.39. The van der Waals surface area contributed by atoms with Gasteiger partial charge in [0.05, 0.1) is 6.04 Å². The Labute approximate surface area is 169 Å². The molecule has 7 heteroatoms. The minimum atomic E-state index is -0.331. The van der Waals surface area contributed by atoms with Gasteiger partial charge in [0.2, 0.25) is 5.91 Å². The number of hydrazine groups is 1. The smallest absolute Gasteiger partial charge is 0.250 e. The van der Waals surface area contributed by atoms with Crippen LogP contribution in [0.1, 0.15) is 30.0 Å². The van der Waals surface area contributed by atoms with Crippen molar-refractivity contribution in [3.63, 3.8) is 0 Å². The average Bonchev–Trinajstić information content (AvgIpc) is 3.18. The van der Waals surface area contributed by atoms with Crippen LogP contribution in [0.15, 0.2) is 67.0 Å². The molecule has 150 valence electrons. The lowest BCUT2D eigenvalue weighted by molar-refractivity contribution is -0.134. The predicted octanol–water partition coefficient (Wildman–Crippen LogP) is 2.47. The van der Waals surface area contributed by atoms with Gasteiger partial charge >= 0.3 is 0 Å². The van der Waals surface area contributed by atoms with Gasteiger partial charge in [-0.05, 0) is 29.7 Å². The van der Waals surface area contributed by atoms with Gasteiger partial charge in [-0.1, -0.05) is 42.5 Å². The quantitative estimate of drug-likeness (QED) is 0.790. The fourth-order valence-electron chi connectivity index (χ4n) is 3.64. The van der Waals surface area contributed by atoms with E-state index in [2.05, 4.69) is 10.7 Å². The number of hydrogen-bond acceptors (Lipinski definition) is 4. The van der Waals surface area contributed by atoms with Crippen molar-refractivity contribution in [3.05, 3.63) is 83.9 Å². The monoisotopic (exact) mass is 394 g/mol. The van der Waals surface area contributed by atoms with Crippen LogP contribution in [0.4, 0.5) is 4.39 Å². The molecule has 2 heterocycles. The molecule has 2 amide bonds. The first-order chi connectivity index (χ1) is 14.1. The van der Waals surface area contributed by atoms with Gasteiger partial charge in [0.1, 0.15) is 11.9 Å². The molecule has 0 radical (unpaired) electrons. The number of halogens is 1. The van der Waals surface area contributed by atoms with Gasteiger partial charge in [0, 0.05) is 31.9 Å². The zero-order valence-electron chi connectivity index (χ0n) is 15.9. The van der Waals surface area contributed by atoms with Crippen molar-refractivity contribution in [2.24, 2.45) is 0 Å². The summed E-state index contributed by atoms with van der Waals surface area (Å²) in [6.07, 6.45) is 4.34. The van der Waals surface area contributed by atoms with E-state index >= 15 is 0 Å². The molecule has 2 aliphatic heterocycles. The molecule has 1 fully saturated rings. The molecule has 2 atom stereocenters. The third kappa shape index (κ3) is 4.46. The molecule has 29 heavy (non-hydrogen) atoms. The van der Waals surface area contributed by atoms with Crippen LogP contribution >= 0.6 is 0 Å². The summed E-state index contributed by atoms with van der Waals surface area (Å²) in [5, 5.41) is 4.67. The largest absolute Gasteiger partial charge is 0.352 e. The minimum Gasteiger partial charge on any atom is -0.352 e. The summed E-state index contributed by atoms with van der Waals surface area (Å²) in [6.45, 7) is 0.810. The van der Waals surface area contributed by atoms with Crippen molar-refractivity contribution in [2.75, 3.05) is 6.54 Å². The summed E-state index contributed by atoms with van der Waals surface area (Å²) < 4.78 is 13.1. The normalized spacial score (nSPS) is 20.7. The summed E-state index contributed by atoms with van der Waals surface area (Å²) in [6, 6.07) is 15.6. The lowest BCUT2D eigenvalue weighted by atomic mass is 10.0. The number of amides is 2. The fraction of sp³-hybridized carbons (Fsp3) is 0.273. The van der Waals surface area contributed by atoms with E-state index in [1.807, 2.05) is 36.5 Å². The third-order valence-electron chi connectivity index (χ3n) is 5.26. The molecule has 0 bridgehead atoms. The van der Waals surface area contributed by atoms with Crippen LogP contribution in [0.25, 0.3) is 0 Å². The highest BCUT2D eigenvalue weighted by molar-refractivity contribution is 5.85. The molecule has 0 saturated carbocycles. The molecule has 4 rings (SSSR count). The molecule has 0 spiro atoms. The first-order valence-corrected chi connectivity index (χ1v) is 9.69. The van der Waals surface area contributed by atoms with Crippen molar-refractivity contribution >= 4 is 11.8 Å². The van der Waals surface area contributed by atoms with Gasteiger partial charge in [-0.15, -0.1) is 0 Å². The second-order valence-corrected chi connectivity index (χ2v) is 7.23. The Hall–Kier alpha value is -3.19. The van der Waals surface area contributed by atoms with E-state index in [0.29, 0.717) is 19.5 Å². The summed E-state index contributed by atoms with van der Waals surface area (Å²) >= 11 is 0. The zero-order valence-corrected chi connectivity index (χ0v) is 15.9. The van der Waals surface area contributed by atoms with Gasteiger partial charge in [-0.2, -0.15) is 0 Å². The van der Waals surface area contributed by atoms with E-state index in [0.717, 1.165) is 11.1 Å². The Bertz CT molecular complexity index is 901. The second-order valence-electron chi connectivity index (χ2n) is 7.23. The van der Waals surface area contributed by atoms with Crippen LogP contribution in [0.3, 0.4) is 0 Å². The molecule has 0 aliphatic carbocycles. The number of rotatable bonds is 6. The molecule has 2 N–H and O–H groups in total. The van der Waals surface area contributed by atoms with E-state index in [1.54, 1.807) is 28.2 Å². The van der Waals surface area contributed by atoms with Crippen molar-refractivity contribution in [1.82, 2.24) is 20.7 Å². The van der Waals surface area contributed by atoms with E-state index in [9.17, 15) is 14.0 Å². The number of benzene rings is 2. The van der Waals surface area contributed by atoms with E-state index in [1.165, 1.54) is 12.1 Å². The van der Waals surface area contributed by atoms with E-state index in [-0.39, 0.29) is 36.1 Å². The SMILES string of the molecule is O=C(CCN1C=CN2NC(c3ccc(F)cc3)CC2C1=O)NCc1ccccc1. The molecule has 2 aliphatic rings. The zero-order chi connectivity index (χ0) is 20.2. The lowest BCUT2D eigenvalue weighted by Crippen LogP contribution is -2.48. The van der Waals surface area contributed by atoms with Crippen molar-refractivity contribution < 1.29 is 14.0 Å². The first kappa shape index (κ1) is 19.1. The van der Waals surface area contributed by atoms with E-state index < -0.39 is 0 Å². The minimum absolute atomic E-state index is 0.0412. The number of carbonyl (C=O) groups is 2. The summed E-state index contributed by atoms with van der Waals surface area (Å²) in [5.41, 5.74) is 5.26. The topological polar surface area (TPSA) is 64.7 Å². The number of fused-ring (bicyclic) bond motifs is 1. The molecule has 6 nitrogen and oxygen atoms in total.